The van der Waals surface area contributed by atoms with Crippen LogP contribution in [0.15, 0.2) is 22.3 Å². The highest BCUT2D eigenvalue weighted by atomic mass is 32.1. The first-order chi connectivity index (χ1) is 12.0. The van der Waals surface area contributed by atoms with Crippen LogP contribution in [0.3, 0.4) is 0 Å². The highest BCUT2D eigenvalue weighted by Gasteiger charge is 2.29. The van der Waals surface area contributed by atoms with Crippen molar-refractivity contribution in [1.82, 2.24) is 19.1 Å². The number of amides is 1. The van der Waals surface area contributed by atoms with Gasteiger partial charge in [0.05, 0.1) is 0 Å². The smallest absolute Gasteiger partial charge is 0.291 e. The molecule has 0 spiro atoms. The second-order valence-electron chi connectivity index (χ2n) is 6.99. The van der Waals surface area contributed by atoms with E-state index in [-0.39, 0.29) is 30.1 Å². The van der Waals surface area contributed by atoms with E-state index >= 15 is 0 Å². The molecular weight excluding hydrogens is 336 g/mol. The number of aryl methyl sites for hydroxylation is 1. The number of carbonyl (C=O) groups excluding carboxylic acids is 1. The Balaban J connectivity index is 1.73. The molecule has 7 heteroatoms. The van der Waals surface area contributed by atoms with E-state index in [9.17, 15) is 9.59 Å². The second kappa shape index (κ2) is 5.98. The van der Waals surface area contributed by atoms with Crippen LogP contribution in [-0.2, 0) is 11.3 Å². The Hall–Kier alpha value is -2.15. The largest absolute Gasteiger partial charge is 0.336 e. The molecule has 3 aromatic heterocycles. The Labute approximate surface area is 149 Å². The molecular formula is C18H22N4O2S. The van der Waals surface area contributed by atoms with E-state index in [0.717, 1.165) is 35.3 Å². The van der Waals surface area contributed by atoms with E-state index in [1.165, 1.54) is 4.68 Å². The lowest BCUT2D eigenvalue weighted by Crippen LogP contribution is -2.49. The van der Waals surface area contributed by atoms with Crippen molar-refractivity contribution in [3.8, 4) is 0 Å². The van der Waals surface area contributed by atoms with E-state index in [4.69, 9.17) is 0 Å². The summed E-state index contributed by atoms with van der Waals surface area (Å²) >= 11 is 1.59. The number of rotatable bonds is 2. The first kappa shape index (κ1) is 16.3. The Morgan fingerprint density at radius 2 is 2.04 bits per heavy atom. The van der Waals surface area contributed by atoms with Gasteiger partial charge < -0.3 is 4.90 Å². The summed E-state index contributed by atoms with van der Waals surface area (Å²) in [5.74, 6) is 0.700. The Morgan fingerprint density at radius 3 is 2.76 bits per heavy atom. The van der Waals surface area contributed by atoms with Gasteiger partial charge in [0.2, 0.25) is 5.91 Å². The molecule has 0 saturated carbocycles. The number of carbonyl (C=O) groups is 1. The standard InChI is InChI=1S/C18H22N4O2S/c1-11-5-4-6-12(2)21(11)16(23)10-20-17(24)15-9-14-7-8-25-18(14)22(15)13(3)19-20/h7-9,11-12H,4-6,10H2,1-3H3/t11-,12-/m1/s1. The number of likely N-dealkylation sites (tertiary alicyclic amines) is 1. The topological polar surface area (TPSA) is 59.6 Å². The van der Waals surface area contributed by atoms with Crippen molar-refractivity contribution < 1.29 is 4.79 Å². The number of piperidine rings is 1. The zero-order valence-electron chi connectivity index (χ0n) is 14.7. The third-order valence-electron chi connectivity index (χ3n) is 5.22. The SMILES string of the molecule is Cc1nn(CC(=O)N2[C@H](C)CCC[C@H]2C)c(=O)c2cc3ccsc3n12. The van der Waals surface area contributed by atoms with Gasteiger partial charge in [-0.2, -0.15) is 5.10 Å². The minimum absolute atomic E-state index is 0.00365. The summed E-state index contributed by atoms with van der Waals surface area (Å²) < 4.78 is 3.21. The number of hydrogen-bond donors (Lipinski definition) is 0. The molecule has 132 valence electrons. The molecule has 1 fully saturated rings. The third-order valence-corrected chi connectivity index (χ3v) is 6.13. The van der Waals surface area contributed by atoms with Gasteiger partial charge in [-0.3, -0.25) is 14.0 Å². The summed E-state index contributed by atoms with van der Waals surface area (Å²) in [5, 5.41) is 7.46. The number of hydrogen-bond acceptors (Lipinski definition) is 4. The zero-order chi connectivity index (χ0) is 17.7. The van der Waals surface area contributed by atoms with Gasteiger partial charge in [0, 0.05) is 17.5 Å². The van der Waals surface area contributed by atoms with Crippen LogP contribution in [-0.4, -0.2) is 37.1 Å². The summed E-state index contributed by atoms with van der Waals surface area (Å²) in [4.78, 5) is 28.6. The van der Waals surface area contributed by atoms with Crippen molar-refractivity contribution in [2.75, 3.05) is 0 Å². The molecule has 4 heterocycles. The number of nitrogens with zero attached hydrogens (tertiary/aromatic N) is 4. The maximum Gasteiger partial charge on any atom is 0.291 e. The van der Waals surface area contributed by atoms with Crippen LogP contribution in [0.4, 0.5) is 0 Å². The van der Waals surface area contributed by atoms with E-state index in [0.29, 0.717) is 5.52 Å². The quantitative estimate of drug-likeness (QED) is 0.708. The molecule has 1 saturated heterocycles. The van der Waals surface area contributed by atoms with Gasteiger partial charge >= 0.3 is 0 Å². The number of thiophene rings is 1. The summed E-state index contributed by atoms with van der Waals surface area (Å²) in [6.07, 6.45) is 3.19. The number of fused-ring (bicyclic) bond motifs is 3. The molecule has 0 aromatic carbocycles. The molecule has 1 aliphatic heterocycles. The predicted molar refractivity (Wildman–Crippen MR) is 99.2 cm³/mol. The molecule has 1 aliphatic rings. The Kier molecular flexibility index (Phi) is 3.91. The van der Waals surface area contributed by atoms with E-state index in [2.05, 4.69) is 18.9 Å². The molecule has 6 nitrogen and oxygen atoms in total. The van der Waals surface area contributed by atoms with E-state index in [1.54, 1.807) is 11.3 Å². The van der Waals surface area contributed by atoms with Gasteiger partial charge in [0.15, 0.2) is 0 Å². The van der Waals surface area contributed by atoms with Crippen molar-refractivity contribution in [3.63, 3.8) is 0 Å². The van der Waals surface area contributed by atoms with Crippen LogP contribution in [0.2, 0.25) is 0 Å². The average molecular weight is 358 g/mol. The van der Waals surface area contributed by atoms with Crippen molar-refractivity contribution in [2.24, 2.45) is 0 Å². The molecule has 0 radical (unpaired) electrons. The van der Waals surface area contributed by atoms with Gasteiger partial charge in [-0.25, -0.2) is 4.68 Å². The minimum Gasteiger partial charge on any atom is -0.336 e. The normalized spacial score (nSPS) is 21.3. The molecule has 4 rings (SSSR count). The first-order valence-corrected chi connectivity index (χ1v) is 9.63. The van der Waals surface area contributed by atoms with Gasteiger partial charge in [-0.15, -0.1) is 11.3 Å². The zero-order valence-corrected chi connectivity index (χ0v) is 15.5. The van der Waals surface area contributed by atoms with Gasteiger partial charge in [-0.1, -0.05) is 0 Å². The second-order valence-corrected chi connectivity index (χ2v) is 7.88. The van der Waals surface area contributed by atoms with Crippen LogP contribution < -0.4 is 5.56 Å². The maximum absolute atomic E-state index is 12.8. The average Bonchev–Trinajstić information content (AvgIpc) is 3.12. The highest BCUT2D eigenvalue weighted by molar-refractivity contribution is 7.16. The highest BCUT2D eigenvalue weighted by Crippen LogP contribution is 2.25. The minimum atomic E-state index is -0.209. The summed E-state index contributed by atoms with van der Waals surface area (Å²) in [6, 6.07) is 4.32. The van der Waals surface area contributed by atoms with Crippen molar-refractivity contribution in [3.05, 3.63) is 33.7 Å². The Bertz CT molecular complexity index is 1010. The lowest BCUT2D eigenvalue weighted by Gasteiger charge is -2.39. The molecule has 0 bridgehead atoms. The van der Waals surface area contributed by atoms with Crippen molar-refractivity contribution in [1.29, 1.82) is 0 Å². The van der Waals surface area contributed by atoms with Gasteiger partial charge in [0.25, 0.3) is 5.56 Å². The van der Waals surface area contributed by atoms with Crippen molar-refractivity contribution in [2.45, 2.75) is 58.7 Å². The van der Waals surface area contributed by atoms with Crippen LogP contribution in [0.1, 0.15) is 38.9 Å². The van der Waals surface area contributed by atoms with Crippen LogP contribution in [0, 0.1) is 6.92 Å². The van der Waals surface area contributed by atoms with E-state index < -0.39 is 0 Å². The summed E-state index contributed by atoms with van der Waals surface area (Å²) in [7, 11) is 0. The van der Waals surface area contributed by atoms with Gasteiger partial charge in [-0.05, 0) is 57.5 Å². The van der Waals surface area contributed by atoms with E-state index in [1.807, 2.05) is 33.7 Å². The lowest BCUT2D eigenvalue weighted by molar-refractivity contribution is -0.138. The molecule has 0 aliphatic carbocycles. The first-order valence-electron chi connectivity index (χ1n) is 8.75. The molecule has 0 unspecified atom stereocenters. The fourth-order valence-corrected chi connectivity index (χ4v) is 4.97. The molecule has 3 aromatic rings. The third kappa shape index (κ3) is 2.57. The molecule has 25 heavy (non-hydrogen) atoms. The summed E-state index contributed by atoms with van der Waals surface area (Å²) in [6.45, 7) is 6.04. The molecule has 1 amide bonds. The predicted octanol–water partition coefficient (Wildman–Crippen LogP) is 2.81. The van der Waals surface area contributed by atoms with Crippen molar-refractivity contribution >= 4 is 33.0 Å². The fourth-order valence-electron chi connectivity index (χ4n) is 4.03. The Morgan fingerprint density at radius 1 is 1.32 bits per heavy atom. The monoisotopic (exact) mass is 358 g/mol. The number of aromatic nitrogens is 3. The fraction of sp³-hybridized carbons (Fsp3) is 0.500. The van der Waals surface area contributed by atoms with Crippen LogP contribution >= 0.6 is 11.3 Å². The lowest BCUT2D eigenvalue weighted by atomic mass is 9.97. The molecule has 2 atom stereocenters. The summed E-state index contributed by atoms with van der Waals surface area (Å²) in [5.41, 5.74) is 0.376. The van der Waals surface area contributed by atoms with Crippen LogP contribution in [0.25, 0.3) is 15.7 Å². The molecule has 0 N–H and O–H groups in total. The van der Waals surface area contributed by atoms with Gasteiger partial charge in [0.1, 0.15) is 22.7 Å². The maximum atomic E-state index is 12.8. The van der Waals surface area contributed by atoms with Crippen LogP contribution in [0.5, 0.6) is 0 Å².